The standard InChI is InChI=1S/C29H23N5O2/c1-18-11-13-20(14-12-18)25-24-27(33-32-25)36-26(31)22(17-30)29(24)21-9-5-6-10-23(21)34(28(29)35)16-15-19-7-3-2-4-8-19/h2-14H,15-16,31H2,1H3,(H,32,33)/t29-/m1/s1. The van der Waals surface area contributed by atoms with Gasteiger partial charge in [-0.3, -0.25) is 9.89 Å². The number of H-pyrrole nitrogens is 1. The first-order valence-electron chi connectivity index (χ1n) is 11.7. The maximum atomic E-state index is 14.6. The van der Waals surface area contributed by atoms with Crippen molar-refractivity contribution in [3.8, 4) is 23.2 Å². The first-order chi connectivity index (χ1) is 17.6. The lowest BCUT2D eigenvalue weighted by Crippen LogP contribution is -2.46. The van der Waals surface area contributed by atoms with Gasteiger partial charge < -0.3 is 15.4 Å². The summed E-state index contributed by atoms with van der Waals surface area (Å²) in [5.41, 5.74) is 10.5. The van der Waals surface area contributed by atoms with Crippen LogP contribution in [0, 0.1) is 18.3 Å². The molecule has 7 heteroatoms. The summed E-state index contributed by atoms with van der Waals surface area (Å²) in [7, 11) is 0. The Morgan fingerprint density at radius 2 is 1.78 bits per heavy atom. The Hall–Kier alpha value is -4.83. The number of carbonyl (C=O) groups excluding carboxylic acids is 1. The minimum absolute atomic E-state index is 0.0735. The van der Waals surface area contributed by atoms with Gasteiger partial charge in [-0.2, -0.15) is 5.26 Å². The molecule has 0 saturated heterocycles. The van der Waals surface area contributed by atoms with E-state index < -0.39 is 5.41 Å². The highest BCUT2D eigenvalue weighted by Gasteiger charge is 2.61. The number of hydrogen-bond acceptors (Lipinski definition) is 5. The monoisotopic (exact) mass is 473 g/mol. The molecule has 7 nitrogen and oxygen atoms in total. The number of carbonyl (C=O) groups is 1. The number of ether oxygens (including phenoxy) is 1. The van der Waals surface area contributed by atoms with Crippen LogP contribution in [0.4, 0.5) is 5.69 Å². The van der Waals surface area contributed by atoms with Gasteiger partial charge >= 0.3 is 0 Å². The van der Waals surface area contributed by atoms with Crippen molar-refractivity contribution in [2.45, 2.75) is 18.8 Å². The summed E-state index contributed by atoms with van der Waals surface area (Å²) < 4.78 is 5.80. The van der Waals surface area contributed by atoms with Gasteiger partial charge in [0.05, 0.1) is 11.3 Å². The molecule has 3 heterocycles. The van der Waals surface area contributed by atoms with Crippen LogP contribution in [0.2, 0.25) is 0 Å². The molecule has 1 spiro atoms. The number of anilines is 1. The summed E-state index contributed by atoms with van der Waals surface area (Å²) in [6.07, 6.45) is 0.664. The van der Waals surface area contributed by atoms with Crippen LogP contribution in [-0.4, -0.2) is 22.6 Å². The second kappa shape index (κ2) is 8.14. The molecule has 0 bridgehead atoms. The largest absolute Gasteiger partial charge is 0.420 e. The number of nitrogens with zero attached hydrogens (tertiary/aromatic N) is 3. The number of aromatic amines is 1. The van der Waals surface area contributed by atoms with Gasteiger partial charge in [0.25, 0.3) is 0 Å². The predicted molar refractivity (Wildman–Crippen MR) is 136 cm³/mol. The lowest BCUT2D eigenvalue weighted by Gasteiger charge is -2.33. The maximum absolute atomic E-state index is 14.6. The summed E-state index contributed by atoms with van der Waals surface area (Å²) in [6, 6.07) is 27.7. The predicted octanol–water partition coefficient (Wildman–Crippen LogP) is 4.35. The van der Waals surface area contributed by atoms with E-state index in [2.05, 4.69) is 16.3 Å². The number of benzene rings is 3. The Kier molecular flexibility index (Phi) is 4.90. The third-order valence-electron chi connectivity index (χ3n) is 7.02. The van der Waals surface area contributed by atoms with Gasteiger partial charge in [-0.25, -0.2) is 0 Å². The van der Waals surface area contributed by atoms with Gasteiger partial charge in [0.1, 0.15) is 17.1 Å². The van der Waals surface area contributed by atoms with E-state index in [1.165, 1.54) is 0 Å². The summed E-state index contributed by atoms with van der Waals surface area (Å²) >= 11 is 0. The highest BCUT2D eigenvalue weighted by molar-refractivity contribution is 6.15. The Balaban J connectivity index is 1.58. The number of nitrogens with one attached hydrogen (secondary N) is 1. The van der Waals surface area contributed by atoms with Crippen molar-refractivity contribution < 1.29 is 9.53 Å². The molecule has 1 aromatic heterocycles. The second-order valence-corrected chi connectivity index (χ2v) is 9.06. The number of rotatable bonds is 4. The molecule has 0 unspecified atom stereocenters. The number of amides is 1. The van der Waals surface area contributed by atoms with Gasteiger partial charge in [-0.1, -0.05) is 78.4 Å². The Bertz CT molecular complexity index is 1560. The highest BCUT2D eigenvalue weighted by atomic mass is 16.5. The van der Waals surface area contributed by atoms with Crippen LogP contribution >= 0.6 is 0 Å². The average Bonchev–Trinajstić information content (AvgIpc) is 3.42. The zero-order valence-corrected chi connectivity index (χ0v) is 19.7. The molecule has 36 heavy (non-hydrogen) atoms. The van der Waals surface area contributed by atoms with Gasteiger partial charge in [0.2, 0.25) is 17.7 Å². The van der Waals surface area contributed by atoms with Gasteiger partial charge in [0.15, 0.2) is 0 Å². The molecular weight excluding hydrogens is 450 g/mol. The summed E-state index contributed by atoms with van der Waals surface area (Å²) in [6.45, 7) is 2.46. The van der Waals surface area contributed by atoms with Gasteiger partial charge in [-0.05, 0) is 25.0 Å². The van der Waals surface area contributed by atoms with Crippen molar-refractivity contribution in [2.24, 2.45) is 5.73 Å². The molecular formula is C29H23N5O2. The normalized spacial score (nSPS) is 18.1. The van der Waals surface area contributed by atoms with Crippen molar-refractivity contribution in [3.63, 3.8) is 0 Å². The minimum atomic E-state index is -1.47. The fourth-order valence-corrected chi connectivity index (χ4v) is 5.32. The molecule has 3 N–H and O–H groups in total. The zero-order chi connectivity index (χ0) is 24.9. The summed E-state index contributed by atoms with van der Waals surface area (Å²) in [5.74, 6) is -0.145. The number of nitriles is 1. The average molecular weight is 474 g/mol. The number of aryl methyl sites for hydroxylation is 1. The maximum Gasteiger partial charge on any atom is 0.247 e. The van der Waals surface area contributed by atoms with Crippen LogP contribution in [0.5, 0.6) is 5.88 Å². The lowest BCUT2D eigenvalue weighted by molar-refractivity contribution is -0.120. The molecule has 3 aromatic carbocycles. The summed E-state index contributed by atoms with van der Waals surface area (Å²) in [5, 5.41) is 17.7. The van der Waals surface area contributed by atoms with Gasteiger partial charge in [-0.15, -0.1) is 5.10 Å². The second-order valence-electron chi connectivity index (χ2n) is 9.06. The summed E-state index contributed by atoms with van der Waals surface area (Å²) in [4.78, 5) is 16.3. The van der Waals surface area contributed by atoms with Crippen molar-refractivity contribution >= 4 is 11.6 Å². The van der Waals surface area contributed by atoms with Crippen LogP contribution in [0.1, 0.15) is 22.3 Å². The molecule has 176 valence electrons. The van der Waals surface area contributed by atoms with E-state index in [0.29, 0.717) is 29.8 Å². The van der Waals surface area contributed by atoms with Crippen LogP contribution in [0.15, 0.2) is 90.3 Å². The Morgan fingerprint density at radius 1 is 1.06 bits per heavy atom. The van der Waals surface area contributed by atoms with Gasteiger partial charge in [0, 0.05) is 23.4 Å². The Morgan fingerprint density at radius 3 is 2.53 bits per heavy atom. The molecule has 0 aliphatic carbocycles. The first-order valence-corrected chi connectivity index (χ1v) is 11.7. The number of para-hydroxylation sites is 1. The third-order valence-corrected chi connectivity index (χ3v) is 7.02. The van der Waals surface area contributed by atoms with Crippen LogP contribution < -0.4 is 15.4 Å². The topological polar surface area (TPSA) is 108 Å². The van der Waals surface area contributed by atoms with E-state index in [4.69, 9.17) is 10.5 Å². The Labute approximate surface area is 208 Å². The van der Waals surface area contributed by atoms with E-state index in [0.717, 1.165) is 22.4 Å². The highest BCUT2D eigenvalue weighted by Crippen LogP contribution is 2.56. The molecule has 6 rings (SSSR count). The van der Waals surface area contributed by atoms with Crippen molar-refractivity contribution in [1.82, 2.24) is 10.2 Å². The number of fused-ring (bicyclic) bond motifs is 4. The van der Waals surface area contributed by atoms with Crippen LogP contribution in [-0.2, 0) is 16.6 Å². The van der Waals surface area contributed by atoms with Crippen LogP contribution in [0.3, 0.4) is 0 Å². The molecule has 1 atom stereocenters. The molecule has 2 aliphatic rings. The zero-order valence-electron chi connectivity index (χ0n) is 19.7. The lowest BCUT2D eigenvalue weighted by atomic mass is 9.68. The number of hydrogen-bond donors (Lipinski definition) is 2. The fraction of sp³-hybridized carbons (Fsp3) is 0.138. The van der Waals surface area contributed by atoms with Crippen molar-refractivity contribution in [2.75, 3.05) is 11.4 Å². The SMILES string of the molecule is Cc1ccc(-c2[nH]nc3c2[C@]2(C(=O)N(CCc4ccccc4)c4ccccc42)C(C#N)=C(N)O3)cc1. The molecule has 0 fully saturated rings. The van der Waals surface area contributed by atoms with E-state index >= 15 is 0 Å². The van der Waals surface area contributed by atoms with E-state index in [1.807, 2.05) is 85.8 Å². The molecule has 0 radical (unpaired) electrons. The van der Waals surface area contributed by atoms with E-state index in [9.17, 15) is 10.1 Å². The number of aromatic nitrogens is 2. The number of nitrogens with two attached hydrogens (primary N) is 1. The molecule has 1 amide bonds. The van der Waals surface area contributed by atoms with Crippen LogP contribution in [0.25, 0.3) is 11.3 Å². The fourth-order valence-electron chi connectivity index (χ4n) is 5.32. The minimum Gasteiger partial charge on any atom is -0.420 e. The first kappa shape index (κ1) is 21.7. The van der Waals surface area contributed by atoms with E-state index in [1.54, 1.807) is 4.90 Å². The van der Waals surface area contributed by atoms with Crippen molar-refractivity contribution in [1.29, 1.82) is 5.26 Å². The molecule has 2 aliphatic heterocycles. The molecule has 0 saturated carbocycles. The van der Waals surface area contributed by atoms with Crippen molar-refractivity contribution in [3.05, 3.63) is 113 Å². The molecule has 4 aromatic rings. The smallest absolute Gasteiger partial charge is 0.247 e. The third kappa shape index (κ3) is 2.98. The van der Waals surface area contributed by atoms with E-state index in [-0.39, 0.29) is 23.2 Å². The quantitative estimate of drug-likeness (QED) is 0.458.